The van der Waals surface area contributed by atoms with Gasteiger partial charge in [-0.05, 0) is 25.1 Å². The number of hydrogen-bond acceptors (Lipinski definition) is 7. The topological polar surface area (TPSA) is 118 Å². The molecule has 1 amide bonds. The van der Waals surface area contributed by atoms with Crippen molar-refractivity contribution < 1.29 is 14.1 Å². The van der Waals surface area contributed by atoms with Crippen molar-refractivity contribution in [3.8, 4) is 11.4 Å². The number of Topliss-reactive ketones (excluding diaryl/α,β-unsaturated/α-hetero) is 1. The molecule has 0 aromatic carbocycles. The summed E-state index contributed by atoms with van der Waals surface area (Å²) in [4.78, 5) is 42.1. The van der Waals surface area contributed by atoms with Gasteiger partial charge in [0.2, 0.25) is 17.3 Å². The van der Waals surface area contributed by atoms with Crippen molar-refractivity contribution >= 4 is 23.0 Å². The zero-order valence-corrected chi connectivity index (χ0v) is 13.3. The van der Waals surface area contributed by atoms with E-state index in [0.717, 1.165) is 11.3 Å². The first-order chi connectivity index (χ1) is 11.5. The van der Waals surface area contributed by atoms with Gasteiger partial charge in [-0.2, -0.15) is 4.98 Å². The number of H-pyrrole nitrogens is 1. The molecule has 0 bridgehead atoms. The molecule has 3 heterocycles. The molecule has 0 aliphatic rings. The molecule has 0 fully saturated rings. The summed E-state index contributed by atoms with van der Waals surface area (Å²) >= 11 is 1.12. The molecular formula is C15H12N4O4S. The smallest absolute Gasteiger partial charge is 0.261 e. The summed E-state index contributed by atoms with van der Waals surface area (Å²) < 4.78 is 5.05. The molecule has 9 heteroatoms. The maximum absolute atomic E-state index is 12.0. The Bertz CT molecular complexity index is 956. The highest BCUT2D eigenvalue weighted by molar-refractivity contribution is 7.15. The molecule has 3 aromatic heterocycles. The van der Waals surface area contributed by atoms with Crippen LogP contribution in [0.5, 0.6) is 0 Å². The zero-order chi connectivity index (χ0) is 17.1. The normalized spacial score (nSPS) is 10.5. The van der Waals surface area contributed by atoms with E-state index in [1.807, 2.05) is 0 Å². The Labute approximate surface area is 139 Å². The van der Waals surface area contributed by atoms with Crippen molar-refractivity contribution in [1.82, 2.24) is 20.4 Å². The second-order valence-electron chi connectivity index (χ2n) is 4.86. The van der Waals surface area contributed by atoms with Crippen molar-refractivity contribution in [3.63, 3.8) is 0 Å². The first-order valence-electron chi connectivity index (χ1n) is 6.93. The van der Waals surface area contributed by atoms with Crippen LogP contribution >= 0.6 is 11.3 Å². The van der Waals surface area contributed by atoms with E-state index >= 15 is 0 Å². The Morgan fingerprint density at radius 3 is 2.79 bits per heavy atom. The average molecular weight is 344 g/mol. The summed E-state index contributed by atoms with van der Waals surface area (Å²) in [5, 5.41) is 6.41. The standard InChI is InChI=1S/C15H12N4O4S/c1-8(20)10-2-3-11(24-10)15(22)17-7-13-18-14(19-23-13)9-4-5-16-12(21)6-9/h2-6H,7H2,1H3,(H,16,21)(H,17,22). The van der Waals surface area contributed by atoms with Crippen molar-refractivity contribution in [1.29, 1.82) is 0 Å². The number of aromatic amines is 1. The van der Waals surface area contributed by atoms with E-state index in [4.69, 9.17) is 4.52 Å². The molecular weight excluding hydrogens is 332 g/mol. The van der Waals surface area contributed by atoms with Crippen molar-refractivity contribution in [2.45, 2.75) is 13.5 Å². The average Bonchev–Trinajstić information content (AvgIpc) is 3.22. The molecule has 0 saturated heterocycles. The van der Waals surface area contributed by atoms with E-state index in [0.29, 0.717) is 15.3 Å². The fourth-order valence-corrected chi connectivity index (χ4v) is 2.74. The SMILES string of the molecule is CC(=O)c1ccc(C(=O)NCc2nc(-c3cc[nH]c(=O)c3)no2)s1. The predicted molar refractivity (Wildman–Crippen MR) is 85.8 cm³/mol. The van der Waals surface area contributed by atoms with E-state index < -0.39 is 0 Å². The van der Waals surface area contributed by atoms with E-state index in [1.54, 1.807) is 18.2 Å². The van der Waals surface area contributed by atoms with Crippen molar-refractivity contribution in [3.05, 3.63) is 56.5 Å². The van der Waals surface area contributed by atoms with Gasteiger partial charge in [0.15, 0.2) is 5.78 Å². The third-order valence-corrected chi connectivity index (χ3v) is 4.26. The molecule has 2 N–H and O–H groups in total. The van der Waals surface area contributed by atoms with E-state index in [-0.39, 0.29) is 35.5 Å². The summed E-state index contributed by atoms with van der Waals surface area (Å²) in [6, 6.07) is 6.19. The van der Waals surface area contributed by atoms with Gasteiger partial charge >= 0.3 is 0 Å². The van der Waals surface area contributed by atoms with Gasteiger partial charge in [-0.3, -0.25) is 14.4 Å². The van der Waals surface area contributed by atoms with Gasteiger partial charge in [-0.1, -0.05) is 5.16 Å². The van der Waals surface area contributed by atoms with Gasteiger partial charge in [0.25, 0.3) is 5.91 Å². The Kier molecular flexibility index (Phi) is 4.34. The lowest BCUT2D eigenvalue weighted by Gasteiger charge is -1.98. The first kappa shape index (κ1) is 15.8. The lowest BCUT2D eigenvalue weighted by atomic mass is 10.2. The summed E-state index contributed by atoms with van der Waals surface area (Å²) in [5.41, 5.74) is 0.246. The fraction of sp³-hybridized carbons (Fsp3) is 0.133. The minimum Gasteiger partial charge on any atom is -0.342 e. The van der Waals surface area contributed by atoms with Gasteiger partial charge in [-0.25, -0.2) is 0 Å². The molecule has 0 saturated carbocycles. The van der Waals surface area contributed by atoms with Crippen LogP contribution in [-0.4, -0.2) is 26.8 Å². The second-order valence-corrected chi connectivity index (χ2v) is 5.94. The Morgan fingerprint density at radius 1 is 1.29 bits per heavy atom. The maximum atomic E-state index is 12.0. The zero-order valence-electron chi connectivity index (χ0n) is 12.5. The van der Waals surface area contributed by atoms with Gasteiger partial charge in [0, 0.05) is 17.8 Å². The first-order valence-corrected chi connectivity index (χ1v) is 7.75. The Morgan fingerprint density at radius 2 is 2.08 bits per heavy atom. The summed E-state index contributed by atoms with van der Waals surface area (Å²) in [7, 11) is 0. The van der Waals surface area contributed by atoms with Crippen LogP contribution in [0.15, 0.2) is 39.8 Å². The van der Waals surface area contributed by atoms with Crippen LogP contribution in [0.3, 0.4) is 0 Å². The van der Waals surface area contributed by atoms with Crippen molar-refractivity contribution in [2.75, 3.05) is 0 Å². The Balaban J connectivity index is 1.65. The molecule has 0 aliphatic heterocycles. The van der Waals surface area contributed by atoms with Gasteiger partial charge < -0.3 is 14.8 Å². The number of nitrogens with one attached hydrogen (secondary N) is 2. The van der Waals surface area contributed by atoms with Crippen LogP contribution in [0.25, 0.3) is 11.4 Å². The summed E-state index contributed by atoms with van der Waals surface area (Å²) in [5.74, 6) is 0.0594. The quantitative estimate of drug-likeness (QED) is 0.679. The number of pyridine rings is 1. The number of rotatable bonds is 5. The number of carbonyl (C=O) groups excluding carboxylic acids is 2. The van der Waals surface area contributed by atoms with Gasteiger partial charge in [0.1, 0.15) is 0 Å². The molecule has 0 unspecified atom stereocenters. The minimum atomic E-state index is -0.330. The van der Waals surface area contributed by atoms with E-state index in [9.17, 15) is 14.4 Å². The maximum Gasteiger partial charge on any atom is 0.261 e. The molecule has 3 aromatic rings. The molecule has 0 atom stereocenters. The number of hydrogen-bond donors (Lipinski definition) is 2. The largest absolute Gasteiger partial charge is 0.342 e. The van der Waals surface area contributed by atoms with Crippen LogP contribution in [0.4, 0.5) is 0 Å². The summed E-state index contributed by atoms with van der Waals surface area (Å²) in [6.45, 7) is 1.49. The van der Waals surface area contributed by atoms with Crippen LogP contribution in [0, 0.1) is 0 Å². The van der Waals surface area contributed by atoms with Crippen LogP contribution in [0.1, 0.15) is 32.2 Å². The molecule has 8 nitrogen and oxygen atoms in total. The molecule has 24 heavy (non-hydrogen) atoms. The molecule has 0 radical (unpaired) electrons. The number of nitrogens with zero attached hydrogens (tertiary/aromatic N) is 2. The monoisotopic (exact) mass is 344 g/mol. The second kappa shape index (κ2) is 6.59. The lowest BCUT2D eigenvalue weighted by molar-refractivity contribution is 0.0949. The third-order valence-electron chi connectivity index (χ3n) is 3.08. The number of ketones is 1. The highest BCUT2D eigenvalue weighted by atomic mass is 32.1. The number of thiophene rings is 1. The highest BCUT2D eigenvalue weighted by Gasteiger charge is 2.13. The highest BCUT2D eigenvalue weighted by Crippen LogP contribution is 2.17. The van der Waals surface area contributed by atoms with Crippen LogP contribution in [0.2, 0.25) is 0 Å². The summed E-state index contributed by atoms with van der Waals surface area (Å²) in [6.07, 6.45) is 1.48. The molecule has 0 aliphatic carbocycles. The van der Waals surface area contributed by atoms with Crippen molar-refractivity contribution in [2.24, 2.45) is 0 Å². The Hall–Kier alpha value is -3.07. The van der Waals surface area contributed by atoms with E-state index in [1.165, 1.54) is 19.2 Å². The molecule has 122 valence electrons. The predicted octanol–water partition coefficient (Wildman–Crippen LogP) is 1.62. The van der Waals surface area contributed by atoms with Crippen LogP contribution in [-0.2, 0) is 6.54 Å². The van der Waals surface area contributed by atoms with E-state index in [2.05, 4.69) is 20.4 Å². The minimum absolute atomic E-state index is 0.0440. The third kappa shape index (κ3) is 3.46. The van der Waals surface area contributed by atoms with Gasteiger partial charge in [-0.15, -0.1) is 11.3 Å². The number of amides is 1. The van der Waals surface area contributed by atoms with Gasteiger partial charge in [0.05, 0.1) is 16.3 Å². The lowest BCUT2D eigenvalue weighted by Crippen LogP contribution is -2.21. The molecule has 3 rings (SSSR count). The number of aromatic nitrogens is 3. The fourth-order valence-electron chi connectivity index (χ4n) is 1.92. The van der Waals surface area contributed by atoms with Crippen LogP contribution < -0.4 is 10.9 Å². The number of carbonyl (C=O) groups is 2. The molecule has 0 spiro atoms.